The van der Waals surface area contributed by atoms with Gasteiger partial charge in [0.2, 0.25) is 17.7 Å². The topological polar surface area (TPSA) is 181 Å². The average Bonchev–Trinajstić information content (AvgIpc) is 4.05. The Kier molecular flexibility index (Phi) is 6.36. The molecule has 15 heteroatoms. The highest BCUT2D eigenvalue weighted by atomic mass is 16.5. The van der Waals surface area contributed by atoms with Crippen molar-refractivity contribution in [1.29, 1.82) is 0 Å². The number of aliphatic hydroxyl groups is 1. The molecule has 15 aliphatic rings. The third kappa shape index (κ3) is 3.55. The van der Waals surface area contributed by atoms with Crippen LogP contribution >= 0.6 is 0 Å². The van der Waals surface area contributed by atoms with Crippen LogP contribution in [0.2, 0.25) is 0 Å². The number of hydrogen-bond acceptors (Lipinski definition) is 11. The van der Waals surface area contributed by atoms with Crippen LogP contribution in [0.5, 0.6) is 11.5 Å². The third-order valence-electron chi connectivity index (χ3n) is 20.9. The molecule has 0 aromatic heterocycles. The van der Waals surface area contributed by atoms with Gasteiger partial charge in [-0.25, -0.2) is 0 Å². The average molecular weight is 909 g/mol. The second-order valence-corrected chi connectivity index (χ2v) is 25.0. The number of ether oxygens (including phenoxy) is 2. The van der Waals surface area contributed by atoms with E-state index >= 15 is 34.7 Å². The number of carbonyl (C=O) groups is 4. The number of hydroxylamine groups is 2. The zero-order chi connectivity index (χ0) is 46.7. The molecule has 4 bridgehead atoms. The van der Waals surface area contributed by atoms with Gasteiger partial charge in [-0.15, -0.1) is 0 Å². The second-order valence-electron chi connectivity index (χ2n) is 25.0. The Bertz CT molecular complexity index is 2930. The Hall–Kier alpha value is -5.12. The van der Waals surface area contributed by atoms with E-state index in [1.54, 1.807) is 26.8 Å². The number of anilines is 2. The highest BCUT2D eigenvalue weighted by Gasteiger charge is 2.97. The van der Waals surface area contributed by atoms with E-state index in [0.29, 0.717) is 72.6 Å². The number of carbonyl (C=O) groups excluding carboxylic acids is 4. The van der Waals surface area contributed by atoms with Crippen molar-refractivity contribution in [3.63, 3.8) is 0 Å². The molecule has 12 atom stereocenters. The van der Waals surface area contributed by atoms with Crippen molar-refractivity contribution in [2.75, 3.05) is 23.2 Å². The lowest BCUT2D eigenvalue weighted by Crippen LogP contribution is -2.93. The highest BCUT2D eigenvalue weighted by molar-refractivity contribution is 6.11. The van der Waals surface area contributed by atoms with Gasteiger partial charge >= 0.3 is 0 Å². The summed E-state index contributed by atoms with van der Waals surface area (Å²) in [6.45, 7) is 16.4. The quantitative estimate of drug-likeness (QED) is 0.369. The summed E-state index contributed by atoms with van der Waals surface area (Å²) in [5.41, 5.74) is -11.5. The van der Waals surface area contributed by atoms with E-state index in [1.165, 1.54) is 0 Å². The number of piperazine rings is 2. The van der Waals surface area contributed by atoms with Crippen molar-refractivity contribution in [1.82, 2.24) is 20.0 Å². The summed E-state index contributed by atoms with van der Waals surface area (Å²) in [5.74, 6) is -3.04. The number of rotatable bonds is 0. The zero-order valence-corrected chi connectivity index (χ0v) is 39.2. The first kappa shape index (κ1) is 39.8. The molecule has 4 amide bonds. The molecule has 11 fully saturated rings. The van der Waals surface area contributed by atoms with Crippen molar-refractivity contribution in [3.8, 4) is 11.5 Å². The second kappa shape index (κ2) is 10.7. The van der Waals surface area contributed by atoms with Crippen LogP contribution in [0.3, 0.4) is 0 Å². The monoisotopic (exact) mass is 908 g/mol. The molecule has 17 rings (SSSR count). The Morgan fingerprint density at radius 1 is 0.657 bits per heavy atom. The van der Waals surface area contributed by atoms with Gasteiger partial charge in [-0.2, -0.15) is 0 Å². The van der Waals surface area contributed by atoms with Crippen LogP contribution in [0.25, 0.3) is 12.2 Å². The molecule has 13 aliphatic heterocycles. The Morgan fingerprint density at radius 3 is 1.84 bits per heavy atom. The smallest absolute Gasteiger partial charge is 0.251 e. The van der Waals surface area contributed by atoms with Crippen molar-refractivity contribution in [2.45, 2.75) is 156 Å². The van der Waals surface area contributed by atoms with E-state index in [1.807, 2.05) is 91.8 Å². The first-order chi connectivity index (χ1) is 31.5. The summed E-state index contributed by atoms with van der Waals surface area (Å²) in [6.07, 6.45) is 10.2. The molecule has 2 N–H and O–H groups in total. The van der Waals surface area contributed by atoms with Gasteiger partial charge in [0.05, 0.1) is 12.1 Å². The molecule has 15 nitrogen and oxygen atoms in total. The number of hydrogen-bond donors (Lipinski definition) is 2. The minimum atomic E-state index is -2.24. The van der Waals surface area contributed by atoms with E-state index in [-0.39, 0.29) is 47.7 Å². The maximum Gasteiger partial charge on any atom is 0.251 e. The zero-order valence-electron chi connectivity index (χ0n) is 39.2. The number of nitrogens with zero attached hydrogens (tertiary/aromatic N) is 5. The molecular formula is C52H56N6O9-2. The summed E-state index contributed by atoms with van der Waals surface area (Å²) in [5, 5.41) is 53.1. The van der Waals surface area contributed by atoms with Gasteiger partial charge < -0.3 is 55.1 Å². The molecule has 67 heavy (non-hydrogen) atoms. The van der Waals surface area contributed by atoms with Gasteiger partial charge in [0.15, 0.2) is 0 Å². The van der Waals surface area contributed by atoms with Crippen LogP contribution < -0.4 is 24.9 Å². The lowest BCUT2D eigenvalue weighted by Gasteiger charge is -2.73. The van der Waals surface area contributed by atoms with Crippen LogP contribution in [0.15, 0.2) is 36.4 Å². The fourth-order valence-corrected chi connectivity index (χ4v) is 19.2. The van der Waals surface area contributed by atoms with Crippen molar-refractivity contribution in [3.05, 3.63) is 69.1 Å². The lowest BCUT2D eigenvalue weighted by molar-refractivity contribution is -0.246. The largest absolute Gasteiger partial charge is 0.758 e. The molecule has 5 spiro atoms. The summed E-state index contributed by atoms with van der Waals surface area (Å²) in [6, 6.07) is 3.57. The minimum Gasteiger partial charge on any atom is -0.758 e. The van der Waals surface area contributed by atoms with E-state index < -0.39 is 91.1 Å². The number of amides is 4. The van der Waals surface area contributed by atoms with Gasteiger partial charge in [-0.1, -0.05) is 39.8 Å². The number of fused-ring (bicyclic) bond motifs is 10. The van der Waals surface area contributed by atoms with Crippen molar-refractivity contribution in [2.24, 2.45) is 28.6 Å². The van der Waals surface area contributed by atoms with Crippen LogP contribution in [0.4, 0.5) is 11.4 Å². The summed E-state index contributed by atoms with van der Waals surface area (Å²) >= 11 is 0. The SMILES string of the molecule is CC1(C)C=Cc2c(ccc3c2N([O-])C2C(C)(C)[C@@H]4C[C@]56CCCN5C(=O)[C@]4(NC6=O)[C@H]4N5C(=O)[C@]67CCCN6C(=O)[C@@]56[C@H](C7)C(C)(C)C5N([O-])c7c(ccc8c7C=CC(C)(C)O8)[C@]5(O)[C@@H]6[C@@]324)O1. The predicted octanol–water partition coefficient (Wildman–Crippen LogP) is 4.84. The molecule has 2 unspecified atom stereocenters. The van der Waals surface area contributed by atoms with Crippen LogP contribution in [0.1, 0.15) is 116 Å². The summed E-state index contributed by atoms with van der Waals surface area (Å²) < 4.78 is 13.0. The normalized spacial score (nSPS) is 45.2. The molecule has 0 radical (unpaired) electrons. The Morgan fingerprint density at radius 2 is 1.19 bits per heavy atom. The van der Waals surface area contributed by atoms with Gasteiger partial charge in [0.25, 0.3) is 5.91 Å². The maximum absolute atomic E-state index is 16.8. The number of benzene rings is 2. The van der Waals surface area contributed by atoms with Gasteiger partial charge in [-0.3, -0.25) is 19.2 Å². The first-order valence-corrected chi connectivity index (χ1v) is 24.5. The van der Waals surface area contributed by atoms with Gasteiger partial charge in [0.1, 0.15) is 50.5 Å². The van der Waals surface area contributed by atoms with Crippen molar-refractivity contribution < 1.29 is 33.8 Å². The molecule has 2 saturated carbocycles. The number of nitrogens with one attached hydrogen (secondary N) is 1. The standard InChI is InChI=1S/C52H56N6O9/c1-43(2)19-15-25-29(66-43)13-11-27-33(25)57(64)36-45(5,6)31-23-47-17-9-21-54(47)41(61)50(31,53-39(47)59)38-49(27,36)35-51-32(24-48(40(60)56(38)51)18-10-22-55(48)42(51)62)46(7,8)37-52(35,63)28-12-14-30-26(34(28)58(37)65)16-20-44(3,4)67-30/h11-16,19-20,31-32,35-38,63H,9-10,17-18,21-24H2,1-8H3,(H,53,59)/q-2/t31-,32+,35+,36?,37?,38-,47-,48+,49-,50+,51-,52-/m0/s1. The maximum atomic E-state index is 16.8. The molecule has 13 heterocycles. The molecule has 2 aliphatic carbocycles. The first-order valence-electron chi connectivity index (χ1n) is 24.5. The predicted molar refractivity (Wildman–Crippen MR) is 244 cm³/mol. The van der Waals surface area contributed by atoms with E-state index in [9.17, 15) is 0 Å². The van der Waals surface area contributed by atoms with Crippen molar-refractivity contribution >= 4 is 47.2 Å². The fourth-order valence-electron chi connectivity index (χ4n) is 19.2. The van der Waals surface area contributed by atoms with E-state index in [0.717, 1.165) is 10.1 Å². The van der Waals surface area contributed by atoms with Gasteiger partial charge in [-0.05, 0) is 119 Å². The van der Waals surface area contributed by atoms with Gasteiger partial charge in [0, 0.05) is 70.4 Å². The Balaban J connectivity index is 1.14. The third-order valence-corrected chi connectivity index (χ3v) is 20.9. The number of piperidine rings is 4. The Labute approximate surface area is 388 Å². The molecule has 2 aromatic rings. The minimum absolute atomic E-state index is 0.226. The van der Waals surface area contributed by atoms with Crippen LogP contribution in [-0.2, 0) is 30.2 Å². The fraction of sp³-hybridized carbons (Fsp3) is 0.615. The highest BCUT2D eigenvalue weighted by Crippen LogP contribution is 2.84. The molecular weight excluding hydrogens is 853 g/mol. The summed E-state index contributed by atoms with van der Waals surface area (Å²) in [4.78, 5) is 70.3. The molecule has 350 valence electrons. The molecule has 2 aromatic carbocycles. The van der Waals surface area contributed by atoms with E-state index in [2.05, 4.69) is 5.32 Å². The summed E-state index contributed by atoms with van der Waals surface area (Å²) in [7, 11) is 0. The lowest BCUT2D eigenvalue weighted by atomic mass is 9.35. The van der Waals surface area contributed by atoms with Crippen LogP contribution in [-0.4, -0.2) is 108 Å². The van der Waals surface area contributed by atoms with E-state index in [4.69, 9.17) is 9.47 Å². The molecule has 9 saturated heterocycles. The van der Waals surface area contributed by atoms with Crippen LogP contribution in [0, 0.1) is 39.0 Å².